The first-order chi connectivity index (χ1) is 8.86. The summed E-state index contributed by atoms with van der Waals surface area (Å²) in [5, 5.41) is 3.17. The highest BCUT2D eigenvalue weighted by molar-refractivity contribution is 7.09. The highest BCUT2D eigenvalue weighted by atomic mass is 32.1. The first-order valence-corrected chi connectivity index (χ1v) is 7.48. The van der Waals surface area contributed by atoms with Gasteiger partial charge in [0.25, 0.3) is 0 Å². The molecule has 0 N–H and O–H groups in total. The molecule has 0 saturated heterocycles. The zero-order valence-electron chi connectivity index (χ0n) is 12.5. The van der Waals surface area contributed by atoms with E-state index in [0.717, 1.165) is 23.7 Å². The van der Waals surface area contributed by atoms with Gasteiger partial charge in [0.15, 0.2) is 0 Å². The summed E-state index contributed by atoms with van der Waals surface area (Å²) in [5.41, 5.74) is 1.19. The number of aromatic nitrogens is 1. The van der Waals surface area contributed by atoms with Gasteiger partial charge in [0, 0.05) is 10.8 Å². The van der Waals surface area contributed by atoms with Gasteiger partial charge in [0.2, 0.25) is 0 Å². The van der Waals surface area contributed by atoms with Crippen LogP contribution in [0.15, 0.2) is 5.38 Å². The van der Waals surface area contributed by atoms with Crippen LogP contribution in [0.1, 0.15) is 44.8 Å². The largest absolute Gasteiger partial charge is 0.468 e. The standard InChI is InChI=1S/C14H24N2O2S/c1-6-7-16(9-13(17)18-5)8-12-15-11(10-19-12)14(2,3)4/h10H,6-9H2,1-5H3. The molecule has 0 aliphatic heterocycles. The molecule has 0 saturated carbocycles. The first-order valence-electron chi connectivity index (χ1n) is 6.61. The molecule has 1 heterocycles. The molecule has 0 amide bonds. The molecule has 0 unspecified atom stereocenters. The van der Waals surface area contributed by atoms with E-state index in [1.807, 2.05) is 0 Å². The lowest BCUT2D eigenvalue weighted by Crippen LogP contribution is -2.30. The molecule has 5 heteroatoms. The third kappa shape index (κ3) is 5.28. The number of rotatable bonds is 6. The Morgan fingerprint density at radius 2 is 2.16 bits per heavy atom. The quantitative estimate of drug-likeness (QED) is 0.753. The Labute approximate surface area is 119 Å². The van der Waals surface area contributed by atoms with E-state index < -0.39 is 0 Å². The third-order valence-electron chi connectivity index (χ3n) is 2.80. The normalized spacial score (nSPS) is 11.9. The van der Waals surface area contributed by atoms with Crippen LogP contribution < -0.4 is 0 Å². The second-order valence-electron chi connectivity index (χ2n) is 5.66. The minimum atomic E-state index is -0.193. The van der Waals surface area contributed by atoms with Gasteiger partial charge in [-0.25, -0.2) is 4.98 Å². The molecule has 4 nitrogen and oxygen atoms in total. The van der Waals surface area contributed by atoms with Crippen LogP contribution >= 0.6 is 11.3 Å². The second kappa shape index (κ2) is 7.01. The molecule has 0 bridgehead atoms. The number of hydrogen-bond acceptors (Lipinski definition) is 5. The van der Waals surface area contributed by atoms with Gasteiger partial charge in [0.1, 0.15) is 5.01 Å². The van der Waals surface area contributed by atoms with E-state index in [4.69, 9.17) is 4.74 Å². The fourth-order valence-corrected chi connectivity index (χ4v) is 2.76. The number of ether oxygens (including phenoxy) is 1. The molecular weight excluding hydrogens is 260 g/mol. The number of methoxy groups -OCH3 is 1. The molecule has 1 aromatic rings. The Morgan fingerprint density at radius 1 is 1.47 bits per heavy atom. The summed E-state index contributed by atoms with van der Waals surface area (Å²) in [6.45, 7) is 10.5. The Kier molecular flexibility index (Phi) is 5.94. The van der Waals surface area contributed by atoms with Crippen LogP contribution in [0.2, 0.25) is 0 Å². The van der Waals surface area contributed by atoms with Gasteiger partial charge < -0.3 is 4.74 Å². The smallest absolute Gasteiger partial charge is 0.319 e. The van der Waals surface area contributed by atoms with Crippen LogP contribution in [0.4, 0.5) is 0 Å². The van der Waals surface area contributed by atoms with Gasteiger partial charge in [-0.1, -0.05) is 27.7 Å². The van der Waals surface area contributed by atoms with E-state index >= 15 is 0 Å². The molecule has 108 valence electrons. The topological polar surface area (TPSA) is 42.4 Å². The number of esters is 1. The van der Waals surface area contributed by atoms with Crippen molar-refractivity contribution in [2.24, 2.45) is 0 Å². The maximum atomic E-state index is 11.4. The Morgan fingerprint density at radius 3 is 2.63 bits per heavy atom. The Hall–Kier alpha value is -0.940. The molecule has 1 aromatic heterocycles. The minimum Gasteiger partial charge on any atom is -0.468 e. The van der Waals surface area contributed by atoms with Gasteiger partial charge in [-0.05, 0) is 13.0 Å². The number of carbonyl (C=O) groups excluding carboxylic acids is 1. The maximum Gasteiger partial charge on any atom is 0.319 e. The van der Waals surface area contributed by atoms with Gasteiger partial charge in [-0.3, -0.25) is 9.69 Å². The highest BCUT2D eigenvalue weighted by Crippen LogP contribution is 2.24. The van der Waals surface area contributed by atoms with Crippen molar-refractivity contribution in [3.63, 3.8) is 0 Å². The van der Waals surface area contributed by atoms with Crippen molar-refractivity contribution in [1.29, 1.82) is 0 Å². The summed E-state index contributed by atoms with van der Waals surface area (Å²) >= 11 is 1.66. The van der Waals surface area contributed by atoms with E-state index in [9.17, 15) is 4.79 Å². The Balaban J connectivity index is 2.68. The van der Waals surface area contributed by atoms with Crippen molar-refractivity contribution >= 4 is 17.3 Å². The van der Waals surface area contributed by atoms with Crippen molar-refractivity contribution in [1.82, 2.24) is 9.88 Å². The zero-order valence-corrected chi connectivity index (χ0v) is 13.3. The average Bonchev–Trinajstić information content (AvgIpc) is 2.77. The van der Waals surface area contributed by atoms with Crippen molar-refractivity contribution in [3.8, 4) is 0 Å². The minimum absolute atomic E-state index is 0.0761. The predicted molar refractivity (Wildman–Crippen MR) is 78.4 cm³/mol. The van der Waals surface area contributed by atoms with Gasteiger partial charge in [0.05, 0.1) is 25.9 Å². The van der Waals surface area contributed by atoms with Gasteiger partial charge in [-0.15, -0.1) is 11.3 Å². The van der Waals surface area contributed by atoms with Gasteiger partial charge >= 0.3 is 5.97 Å². The lowest BCUT2D eigenvalue weighted by atomic mass is 9.93. The van der Waals surface area contributed by atoms with Crippen molar-refractivity contribution in [2.45, 2.75) is 46.1 Å². The van der Waals surface area contributed by atoms with E-state index in [1.165, 1.54) is 7.11 Å². The van der Waals surface area contributed by atoms with E-state index in [2.05, 4.69) is 43.0 Å². The molecule has 0 aliphatic carbocycles. The fraction of sp³-hybridized carbons (Fsp3) is 0.714. The number of carbonyl (C=O) groups is 1. The molecule has 0 aromatic carbocycles. The molecule has 0 fully saturated rings. The molecule has 0 radical (unpaired) electrons. The number of thiazole rings is 1. The van der Waals surface area contributed by atoms with Crippen LogP contribution in [0.25, 0.3) is 0 Å². The third-order valence-corrected chi connectivity index (χ3v) is 3.63. The van der Waals surface area contributed by atoms with E-state index in [1.54, 1.807) is 11.3 Å². The summed E-state index contributed by atoms with van der Waals surface area (Å²) in [4.78, 5) is 18.1. The predicted octanol–water partition coefficient (Wildman–Crippen LogP) is 2.83. The summed E-state index contributed by atoms with van der Waals surface area (Å²) in [7, 11) is 1.42. The summed E-state index contributed by atoms with van der Waals surface area (Å²) in [6.07, 6.45) is 1.01. The lowest BCUT2D eigenvalue weighted by Gasteiger charge is -2.19. The number of nitrogens with zero attached hydrogens (tertiary/aromatic N) is 2. The van der Waals surface area contributed by atoms with Crippen LogP contribution in [0.3, 0.4) is 0 Å². The van der Waals surface area contributed by atoms with Crippen LogP contribution in [0, 0.1) is 0 Å². The van der Waals surface area contributed by atoms with E-state index in [-0.39, 0.29) is 11.4 Å². The molecule has 0 atom stereocenters. The summed E-state index contributed by atoms with van der Waals surface area (Å²) < 4.78 is 4.73. The SMILES string of the molecule is CCCN(CC(=O)OC)Cc1nc(C(C)(C)C)cs1. The molecular formula is C14H24N2O2S. The first kappa shape index (κ1) is 16.1. The number of hydrogen-bond donors (Lipinski definition) is 0. The van der Waals surface area contributed by atoms with Crippen LogP contribution in [-0.4, -0.2) is 36.1 Å². The van der Waals surface area contributed by atoms with Crippen LogP contribution in [0.5, 0.6) is 0 Å². The molecule has 0 aliphatic rings. The maximum absolute atomic E-state index is 11.4. The van der Waals surface area contributed by atoms with E-state index in [0.29, 0.717) is 13.1 Å². The molecule has 0 spiro atoms. The molecule has 19 heavy (non-hydrogen) atoms. The lowest BCUT2D eigenvalue weighted by molar-refractivity contribution is -0.142. The second-order valence-corrected chi connectivity index (χ2v) is 6.61. The summed E-state index contributed by atoms with van der Waals surface area (Å²) in [6, 6.07) is 0. The van der Waals surface area contributed by atoms with Crippen LogP contribution in [-0.2, 0) is 21.5 Å². The zero-order chi connectivity index (χ0) is 14.5. The van der Waals surface area contributed by atoms with Gasteiger partial charge in [-0.2, -0.15) is 0 Å². The fourth-order valence-electron chi connectivity index (χ4n) is 1.70. The summed E-state index contributed by atoms with van der Waals surface area (Å²) in [5.74, 6) is -0.193. The average molecular weight is 284 g/mol. The molecule has 1 rings (SSSR count). The van der Waals surface area contributed by atoms with Crippen molar-refractivity contribution in [2.75, 3.05) is 20.2 Å². The highest BCUT2D eigenvalue weighted by Gasteiger charge is 2.19. The van der Waals surface area contributed by atoms with Crippen molar-refractivity contribution in [3.05, 3.63) is 16.1 Å². The van der Waals surface area contributed by atoms with Crippen molar-refractivity contribution < 1.29 is 9.53 Å². The monoisotopic (exact) mass is 284 g/mol. The Bertz CT molecular complexity index is 410.